The summed E-state index contributed by atoms with van der Waals surface area (Å²) in [5, 5.41) is 25.1. The van der Waals surface area contributed by atoms with E-state index in [0.29, 0.717) is 34.3 Å². The molecule has 108 heavy (non-hydrogen) atoms. The summed E-state index contributed by atoms with van der Waals surface area (Å²) in [7, 11) is 0. The third kappa shape index (κ3) is 18.2. The number of hydrogen-bond acceptors (Lipinski definition) is 8. The summed E-state index contributed by atoms with van der Waals surface area (Å²) in [4.78, 5) is 49.0. The van der Waals surface area contributed by atoms with Crippen molar-refractivity contribution in [3.63, 3.8) is 0 Å². The highest BCUT2D eigenvalue weighted by Gasteiger charge is 2.34. The van der Waals surface area contributed by atoms with Crippen molar-refractivity contribution >= 4 is 75.8 Å². The molecule has 0 spiro atoms. The van der Waals surface area contributed by atoms with E-state index in [4.69, 9.17) is 45.0 Å². The van der Waals surface area contributed by atoms with Gasteiger partial charge in [-0.1, -0.05) is 157 Å². The second-order valence-corrected chi connectivity index (χ2v) is 28.4. The molecule has 548 valence electrons. The van der Waals surface area contributed by atoms with Gasteiger partial charge in [-0.05, 0) is 220 Å². The molecule has 0 fully saturated rings. The molecule has 14 nitrogen and oxygen atoms in total. The van der Waals surface area contributed by atoms with Gasteiger partial charge in [-0.2, -0.15) is 15.3 Å². The maximum absolute atomic E-state index is 15.0. The van der Waals surface area contributed by atoms with Crippen molar-refractivity contribution in [1.29, 1.82) is 0 Å². The summed E-state index contributed by atoms with van der Waals surface area (Å²) in [5.74, 6) is -2.43. The van der Waals surface area contributed by atoms with Crippen molar-refractivity contribution in [2.45, 2.75) is 121 Å². The minimum atomic E-state index is -0.769. The van der Waals surface area contributed by atoms with Crippen LogP contribution in [0.5, 0.6) is 0 Å². The zero-order valence-corrected chi connectivity index (χ0v) is 62.1. The smallest absolute Gasteiger partial charge is 0.272 e. The van der Waals surface area contributed by atoms with Gasteiger partial charge in [-0.3, -0.25) is 24.4 Å². The minimum absolute atomic E-state index is 0.0738. The Morgan fingerprint density at radius 3 is 1.36 bits per heavy atom. The molecular formula is C88H81Cl3F3N11O3. The van der Waals surface area contributed by atoms with Crippen LogP contribution in [0.4, 0.5) is 13.2 Å². The van der Waals surface area contributed by atoms with Gasteiger partial charge < -0.3 is 16.0 Å². The molecule has 0 saturated carbocycles. The zero-order valence-electron chi connectivity index (χ0n) is 59.9. The maximum Gasteiger partial charge on any atom is 0.272 e. The van der Waals surface area contributed by atoms with E-state index in [9.17, 15) is 23.2 Å². The summed E-state index contributed by atoms with van der Waals surface area (Å²) >= 11 is 18.4. The first-order valence-corrected chi connectivity index (χ1v) is 37.9. The molecule has 0 radical (unpaired) electrons. The lowest BCUT2D eigenvalue weighted by atomic mass is 9.90. The van der Waals surface area contributed by atoms with E-state index in [2.05, 4.69) is 43.2 Å². The molecule has 15 rings (SSSR count). The second kappa shape index (κ2) is 35.6. The number of amides is 3. The Hall–Kier alpha value is -11.0. The molecule has 3 aliphatic rings. The summed E-state index contributed by atoms with van der Waals surface area (Å²) in [6, 6.07) is 61.7. The first kappa shape index (κ1) is 75.3. The first-order chi connectivity index (χ1) is 52.6. The quantitative estimate of drug-likeness (QED) is 0.0598. The monoisotopic (exact) mass is 1500 g/mol. The molecule has 12 aromatic rings. The van der Waals surface area contributed by atoms with Crippen molar-refractivity contribution in [3.8, 4) is 17.1 Å². The van der Waals surface area contributed by atoms with Crippen LogP contribution in [0.15, 0.2) is 231 Å². The highest BCUT2D eigenvalue weighted by atomic mass is 35.5. The Bertz CT molecular complexity index is 4930. The standard InChI is InChI=1S/C30H27ClF3N3O.2C29H27ClN4O/c31-18-26(20-6-2-1-3-7-20)35-30(38)28-24-9-5-4-8-21(16-19-10-12-22(32)13-11-19)29(24)37(36-28)27-15-14-23(33)17-25(27)34;2*1-20(22-7-3-2-4-8-22)32-29(35)27-26-10-6-5-9-23(19-21-11-13-24(30)14-12-21)28(26)34(33-27)25-15-17-31-18-16-25/h1-3,6-7,10-15,17,21,26H,4-5,8-9,16,18H2,(H,35,38);2*2-4,7-8,11-20H,5-6,9-10H2,1H3,(H,32,35)/b;2*23-19+/t21?,26-;2*20-/m110/s1. The van der Waals surface area contributed by atoms with Gasteiger partial charge in [0.15, 0.2) is 22.9 Å². The third-order valence-corrected chi connectivity index (χ3v) is 20.6. The average molecular weight is 1500 g/mol. The fourth-order valence-electron chi connectivity index (χ4n) is 14.4. The average Bonchev–Trinajstić information content (AvgIpc) is 1.62. The van der Waals surface area contributed by atoms with Crippen molar-refractivity contribution in [1.82, 2.24) is 55.3 Å². The molecular weight excluding hydrogens is 1420 g/mol. The van der Waals surface area contributed by atoms with Gasteiger partial charge in [-0.25, -0.2) is 27.2 Å². The van der Waals surface area contributed by atoms with Crippen molar-refractivity contribution in [2.24, 2.45) is 0 Å². The Morgan fingerprint density at radius 2 is 0.889 bits per heavy atom. The van der Waals surface area contributed by atoms with E-state index in [0.717, 1.165) is 155 Å². The van der Waals surface area contributed by atoms with E-state index in [-0.39, 0.29) is 52.9 Å². The van der Waals surface area contributed by atoms with Gasteiger partial charge in [0.05, 0.1) is 46.6 Å². The topological polar surface area (TPSA) is 167 Å². The number of rotatable bonds is 17. The van der Waals surface area contributed by atoms with Gasteiger partial charge in [0.1, 0.15) is 17.3 Å². The van der Waals surface area contributed by atoms with Crippen LogP contribution in [-0.4, -0.2) is 62.9 Å². The normalized spacial score (nSPS) is 15.5. The summed E-state index contributed by atoms with van der Waals surface area (Å²) < 4.78 is 47.6. The molecule has 3 aliphatic carbocycles. The lowest BCUT2D eigenvalue weighted by molar-refractivity contribution is 0.0925. The number of alkyl halides is 1. The van der Waals surface area contributed by atoms with Gasteiger partial charge >= 0.3 is 0 Å². The van der Waals surface area contributed by atoms with Crippen LogP contribution >= 0.6 is 34.8 Å². The number of nitrogens with zero attached hydrogens (tertiary/aromatic N) is 8. The van der Waals surface area contributed by atoms with Gasteiger partial charge in [0.2, 0.25) is 0 Å². The number of pyridine rings is 2. The number of hydrogen-bond donors (Lipinski definition) is 3. The number of carbonyl (C=O) groups is 3. The minimum Gasteiger partial charge on any atom is -0.344 e. The summed E-state index contributed by atoms with van der Waals surface area (Å²) in [6.07, 6.45) is 22.6. The third-order valence-electron chi connectivity index (χ3n) is 19.8. The number of fused-ring (bicyclic) bond motifs is 3. The van der Waals surface area contributed by atoms with E-state index in [1.165, 1.54) is 40.1 Å². The molecule has 1 unspecified atom stereocenters. The van der Waals surface area contributed by atoms with Crippen molar-refractivity contribution < 1.29 is 27.6 Å². The molecule has 0 saturated heterocycles. The highest BCUT2D eigenvalue weighted by Crippen LogP contribution is 2.40. The number of benzene rings is 7. The lowest BCUT2D eigenvalue weighted by Crippen LogP contribution is -2.30. The van der Waals surface area contributed by atoms with Crippen LogP contribution in [0.2, 0.25) is 10.0 Å². The van der Waals surface area contributed by atoms with Crippen LogP contribution in [0.1, 0.15) is 194 Å². The molecule has 3 N–H and O–H groups in total. The Kier molecular flexibility index (Phi) is 24.8. The molecule has 7 aromatic carbocycles. The second-order valence-electron chi connectivity index (χ2n) is 27.2. The number of nitrogens with one attached hydrogen (secondary N) is 3. The Balaban J connectivity index is 0.000000143. The molecule has 0 bridgehead atoms. The van der Waals surface area contributed by atoms with E-state index in [1.54, 1.807) is 36.9 Å². The highest BCUT2D eigenvalue weighted by molar-refractivity contribution is 6.31. The van der Waals surface area contributed by atoms with Crippen LogP contribution < -0.4 is 16.0 Å². The molecule has 0 aliphatic heterocycles. The summed E-state index contributed by atoms with van der Waals surface area (Å²) in [5.41, 5.74) is 16.9. The predicted molar refractivity (Wildman–Crippen MR) is 422 cm³/mol. The Labute approximate surface area is 641 Å². The first-order valence-electron chi connectivity index (χ1n) is 36.6. The molecule has 4 atom stereocenters. The van der Waals surface area contributed by atoms with Gasteiger partial charge in [0.25, 0.3) is 17.7 Å². The number of allylic oxidation sites excluding steroid dienone is 2. The maximum atomic E-state index is 15.0. The van der Waals surface area contributed by atoms with Crippen molar-refractivity contribution in [3.05, 3.63) is 343 Å². The molecule has 5 aromatic heterocycles. The Morgan fingerprint density at radius 1 is 0.472 bits per heavy atom. The van der Waals surface area contributed by atoms with E-state index >= 15 is 4.39 Å². The van der Waals surface area contributed by atoms with E-state index < -0.39 is 23.6 Å². The van der Waals surface area contributed by atoms with Crippen molar-refractivity contribution in [2.75, 3.05) is 5.88 Å². The van der Waals surface area contributed by atoms with Crippen LogP contribution in [0.3, 0.4) is 0 Å². The van der Waals surface area contributed by atoms with E-state index in [1.807, 2.05) is 187 Å². The van der Waals surface area contributed by atoms with Crippen LogP contribution in [0, 0.1) is 17.5 Å². The van der Waals surface area contributed by atoms with Gasteiger partial charge in [-0.15, -0.1) is 11.6 Å². The number of carbonyl (C=O) groups excluding carboxylic acids is 3. The molecule has 3 amide bonds. The molecule has 5 heterocycles. The fourth-order valence-corrected chi connectivity index (χ4v) is 14.9. The SMILES string of the molecule is C[C@@H](NC(=O)c1nn(-c2ccncc2)c2c1CCCC/C2=C\c1ccc(Cl)cc1)c1ccccc1.C[C@H](NC(=O)c1nn(-c2ccncc2)c2c1CCCC/C2=C\c1ccc(Cl)cc1)c1ccccc1.O=C(N[C@H](CCl)c1ccccc1)c1nn(-c2ccc(F)cc2F)c2c1CCCCC2Cc1ccc(F)cc1. The largest absolute Gasteiger partial charge is 0.344 e. The van der Waals surface area contributed by atoms with Crippen LogP contribution in [-0.2, 0) is 25.7 Å². The molecule has 20 heteroatoms. The number of aromatic nitrogens is 8. The lowest BCUT2D eigenvalue weighted by Gasteiger charge is -2.19. The number of halogens is 6. The van der Waals surface area contributed by atoms with Crippen LogP contribution in [0.25, 0.3) is 40.4 Å². The van der Waals surface area contributed by atoms with Gasteiger partial charge in [0, 0.05) is 69.4 Å². The fraction of sp³-hybridized carbons (Fsp3) is 0.227. The predicted octanol–water partition coefficient (Wildman–Crippen LogP) is 20.4. The summed E-state index contributed by atoms with van der Waals surface area (Å²) in [6.45, 7) is 4.00. The zero-order chi connectivity index (χ0) is 75.0.